The van der Waals surface area contributed by atoms with Crippen LogP contribution in [0.5, 0.6) is 0 Å². The summed E-state index contributed by atoms with van der Waals surface area (Å²) in [5.41, 5.74) is -1.21. The van der Waals surface area contributed by atoms with Gasteiger partial charge in [0.1, 0.15) is 11.3 Å². The summed E-state index contributed by atoms with van der Waals surface area (Å²) in [6.45, 7) is 2.77. The number of carbonyl (C=O) groups is 5. The van der Waals surface area contributed by atoms with Gasteiger partial charge in [0.2, 0.25) is 11.8 Å². The van der Waals surface area contributed by atoms with E-state index >= 15 is 0 Å². The summed E-state index contributed by atoms with van der Waals surface area (Å²) in [7, 11) is 0. The fraction of sp³-hybridized carbons (Fsp3) is 0.219. The number of benzene rings is 3. The van der Waals surface area contributed by atoms with Crippen LogP contribution in [0.4, 0.5) is 5.69 Å². The molecule has 1 aliphatic heterocycles. The van der Waals surface area contributed by atoms with Crippen LogP contribution in [0.1, 0.15) is 46.5 Å². The molecule has 3 atom stereocenters. The summed E-state index contributed by atoms with van der Waals surface area (Å²) in [6.07, 6.45) is 1.11. The van der Waals surface area contributed by atoms with Gasteiger partial charge in [-0.25, -0.2) is 4.90 Å². The standard InChI is InChI=1S/C32H23Cl4NO6/c1-3-43-30(41)28-22(29(40)21-11-9-19(34)15-25(21)36)12-17(13-27(39)20-10-8-18(33)14-24(20)35)32(28)23-6-4-5-7-26(23)37(16(2)38)31(32)42/h4-12,14-15,17,28H,3,13H2,1-2H3/t17-,28?,32-/m0/s1. The monoisotopic (exact) mass is 657 g/mol. The molecule has 2 amide bonds. The Hall–Kier alpha value is -3.49. The topological polar surface area (TPSA) is 97.8 Å². The molecule has 43 heavy (non-hydrogen) atoms. The Kier molecular flexibility index (Phi) is 8.56. The van der Waals surface area contributed by atoms with Crippen LogP contribution in [-0.4, -0.2) is 36.0 Å². The number of rotatable bonds is 7. The molecule has 3 aromatic rings. The zero-order valence-electron chi connectivity index (χ0n) is 22.8. The van der Waals surface area contributed by atoms with E-state index in [-0.39, 0.29) is 45.5 Å². The van der Waals surface area contributed by atoms with Crippen LogP contribution in [0.2, 0.25) is 20.1 Å². The van der Waals surface area contributed by atoms with Gasteiger partial charge in [-0.1, -0.05) is 70.7 Å². The predicted molar refractivity (Wildman–Crippen MR) is 164 cm³/mol. The van der Waals surface area contributed by atoms with Crippen LogP contribution in [0.15, 0.2) is 72.3 Å². The molecular weight excluding hydrogens is 636 g/mol. The second kappa shape index (κ2) is 11.9. The molecule has 0 saturated carbocycles. The van der Waals surface area contributed by atoms with E-state index in [1.807, 2.05) is 0 Å². The van der Waals surface area contributed by atoms with E-state index in [4.69, 9.17) is 51.1 Å². The maximum absolute atomic E-state index is 14.6. The lowest BCUT2D eigenvalue weighted by Gasteiger charge is -2.35. The fourth-order valence-corrected chi connectivity index (χ4v) is 7.11. The molecule has 0 N–H and O–H groups in total. The number of amides is 2. The fourth-order valence-electron chi connectivity index (χ4n) is 6.10. The zero-order chi connectivity index (χ0) is 31.2. The number of para-hydroxylation sites is 1. The number of imide groups is 1. The Labute approximate surface area is 267 Å². The molecule has 1 unspecified atom stereocenters. The summed E-state index contributed by atoms with van der Waals surface area (Å²) < 4.78 is 5.45. The Morgan fingerprint density at radius 2 is 1.49 bits per heavy atom. The molecule has 220 valence electrons. The van der Waals surface area contributed by atoms with Crippen molar-refractivity contribution >= 4 is 81.4 Å². The molecule has 1 aliphatic carbocycles. The summed E-state index contributed by atoms with van der Waals surface area (Å²) in [6, 6.07) is 15.2. The highest BCUT2D eigenvalue weighted by atomic mass is 35.5. The maximum atomic E-state index is 14.6. The van der Waals surface area contributed by atoms with Crippen molar-refractivity contribution in [3.8, 4) is 0 Å². The number of fused-ring (bicyclic) bond motifs is 2. The van der Waals surface area contributed by atoms with Gasteiger partial charge < -0.3 is 4.74 Å². The Balaban J connectivity index is 1.76. The number of allylic oxidation sites excluding steroid dienone is 1. The van der Waals surface area contributed by atoms with E-state index in [1.165, 1.54) is 49.4 Å². The smallest absolute Gasteiger partial charge is 0.315 e. The minimum absolute atomic E-state index is 0.0334. The van der Waals surface area contributed by atoms with Crippen LogP contribution < -0.4 is 4.90 Å². The number of nitrogens with zero attached hydrogens (tertiary/aromatic N) is 1. The number of ether oxygens (including phenoxy) is 1. The number of carbonyl (C=O) groups excluding carboxylic acids is 5. The van der Waals surface area contributed by atoms with Crippen molar-refractivity contribution in [2.24, 2.45) is 11.8 Å². The third-order valence-electron chi connectivity index (χ3n) is 7.79. The van der Waals surface area contributed by atoms with Gasteiger partial charge in [0, 0.05) is 46.0 Å². The summed E-state index contributed by atoms with van der Waals surface area (Å²) >= 11 is 24.8. The molecule has 0 bridgehead atoms. The molecule has 5 rings (SSSR count). The van der Waals surface area contributed by atoms with Crippen LogP contribution in [0, 0.1) is 11.8 Å². The van der Waals surface area contributed by atoms with E-state index in [1.54, 1.807) is 31.2 Å². The van der Waals surface area contributed by atoms with Gasteiger partial charge in [-0.15, -0.1) is 0 Å². The molecule has 11 heteroatoms. The largest absolute Gasteiger partial charge is 0.465 e. The number of halogens is 4. The molecular formula is C32H23Cl4NO6. The summed E-state index contributed by atoms with van der Waals surface area (Å²) in [5.74, 6) is -5.89. The third-order valence-corrected chi connectivity index (χ3v) is 8.89. The van der Waals surface area contributed by atoms with Crippen molar-refractivity contribution in [3.63, 3.8) is 0 Å². The van der Waals surface area contributed by atoms with E-state index in [9.17, 15) is 24.0 Å². The van der Waals surface area contributed by atoms with Crippen LogP contribution >= 0.6 is 46.4 Å². The Morgan fingerprint density at radius 3 is 2.07 bits per heavy atom. The average Bonchev–Trinajstić information content (AvgIpc) is 3.41. The Bertz CT molecular complexity index is 1750. The number of anilines is 1. The van der Waals surface area contributed by atoms with E-state index in [2.05, 4.69) is 0 Å². The number of Topliss-reactive ketones (excluding diaryl/α,β-unsaturated/α-hetero) is 2. The SMILES string of the molecule is CCOC(=O)C1C(C(=O)c2ccc(Cl)cc2Cl)=C[C@@H](CC(=O)c2ccc(Cl)cc2Cl)[C@@]12C(=O)N(C(C)=O)c1ccccc12. The highest BCUT2D eigenvalue weighted by molar-refractivity contribution is 6.38. The van der Waals surface area contributed by atoms with Crippen LogP contribution in [0.25, 0.3) is 0 Å². The first-order valence-electron chi connectivity index (χ1n) is 13.2. The van der Waals surface area contributed by atoms with Crippen molar-refractivity contribution in [3.05, 3.63) is 109 Å². The van der Waals surface area contributed by atoms with Gasteiger partial charge >= 0.3 is 5.97 Å². The quantitative estimate of drug-likeness (QED) is 0.195. The molecule has 7 nitrogen and oxygen atoms in total. The number of esters is 1. The summed E-state index contributed by atoms with van der Waals surface area (Å²) in [4.78, 5) is 70.2. The second-order valence-corrected chi connectivity index (χ2v) is 11.9. The molecule has 2 aliphatic rings. The molecule has 1 heterocycles. The van der Waals surface area contributed by atoms with E-state index in [0.29, 0.717) is 15.6 Å². The van der Waals surface area contributed by atoms with Crippen LogP contribution in [-0.2, 0) is 24.5 Å². The van der Waals surface area contributed by atoms with E-state index in [0.717, 1.165) is 4.90 Å². The predicted octanol–water partition coefficient (Wildman–Crippen LogP) is 7.32. The van der Waals surface area contributed by atoms with Crippen molar-refractivity contribution in [1.82, 2.24) is 0 Å². The molecule has 0 aromatic heterocycles. The normalized spacial score (nSPS) is 20.7. The third kappa shape index (κ3) is 5.08. The first-order chi connectivity index (χ1) is 20.4. The molecule has 1 spiro atoms. The van der Waals surface area contributed by atoms with Gasteiger partial charge in [0.05, 0.1) is 22.3 Å². The van der Waals surface area contributed by atoms with Crippen molar-refractivity contribution in [1.29, 1.82) is 0 Å². The lowest BCUT2D eigenvalue weighted by Crippen LogP contribution is -2.52. The molecule has 3 aromatic carbocycles. The van der Waals surface area contributed by atoms with Gasteiger partial charge in [-0.3, -0.25) is 24.0 Å². The maximum Gasteiger partial charge on any atom is 0.315 e. The highest BCUT2D eigenvalue weighted by Gasteiger charge is 2.67. The lowest BCUT2D eigenvalue weighted by molar-refractivity contribution is -0.152. The first-order valence-corrected chi connectivity index (χ1v) is 14.8. The zero-order valence-corrected chi connectivity index (χ0v) is 25.9. The van der Waals surface area contributed by atoms with Gasteiger partial charge in [-0.05, 0) is 55.0 Å². The number of hydrogen-bond acceptors (Lipinski definition) is 6. The minimum Gasteiger partial charge on any atom is -0.465 e. The first kappa shape index (κ1) is 31.0. The summed E-state index contributed by atoms with van der Waals surface area (Å²) in [5, 5.41) is 0.751. The number of ketones is 2. The molecule has 0 saturated heterocycles. The second-order valence-electron chi connectivity index (χ2n) is 10.2. The molecule has 0 radical (unpaired) electrons. The minimum atomic E-state index is -1.87. The average molecular weight is 659 g/mol. The van der Waals surface area contributed by atoms with Gasteiger partial charge in [0.15, 0.2) is 11.6 Å². The van der Waals surface area contributed by atoms with Gasteiger partial charge in [0.25, 0.3) is 0 Å². The highest BCUT2D eigenvalue weighted by Crippen LogP contribution is 2.59. The van der Waals surface area contributed by atoms with Gasteiger partial charge in [-0.2, -0.15) is 0 Å². The van der Waals surface area contributed by atoms with Crippen molar-refractivity contribution < 1.29 is 28.7 Å². The van der Waals surface area contributed by atoms with Crippen molar-refractivity contribution in [2.75, 3.05) is 11.5 Å². The number of hydrogen-bond donors (Lipinski definition) is 0. The van der Waals surface area contributed by atoms with Crippen LogP contribution in [0.3, 0.4) is 0 Å². The Morgan fingerprint density at radius 1 is 0.884 bits per heavy atom. The van der Waals surface area contributed by atoms with Crippen molar-refractivity contribution in [2.45, 2.75) is 25.7 Å². The molecule has 0 fully saturated rings. The van der Waals surface area contributed by atoms with E-state index < -0.39 is 46.6 Å². The lowest BCUT2D eigenvalue weighted by atomic mass is 9.64.